The Kier molecular flexibility index (Phi) is 6.36. The van der Waals surface area contributed by atoms with E-state index in [0.29, 0.717) is 12.5 Å². The minimum absolute atomic E-state index is 0.159. The van der Waals surface area contributed by atoms with Crippen molar-refractivity contribution in [1.82, 2.24) is 0 Å². The van der Waals surface area contributed by atoms with Crippen molar-refractivity contribution in [1.29, 1.82) is 0 Å². The summed E-state index contributed by atoms with van der Waals surface area (Å²) < 4.78 is 5.55. The Morgan fingerprint density at radius 2 is 2.22 bits per heavy atom. The average Bonchev–Trinajstić information content (AvgIpc) is 2.35. The third kappa shape index (κ3) is 5.27. The molecule has 0 heterocycles. The summed E-state index contributed by atoms with van der Waals surface area (Å²) in [6.45, 7) is 5.75. The fourth-order valence-corrected chi connectivity index (χ4v) is 1.79. The zero-order valence-corrected chi connectivity index (χ0v) is 11.1. The highest BCUT2D eigenvalue weighted by atomic mass is 16.6. The van der Waals surface area contributed by atoms with Gasteiger partial charge < -0.3 is 4.74 Å². The zero-order valence-electron chi connectivity index (χ0n) is 11.1. The van der Waals surface area contributed by atoms with E-state index in [-0.39, 0.29) is 10.6 Å². The minimum atomic E-state index is -0.355. The lowest BCUT2D eigenvalue weighted by Crippen LogP contribution is -2.09. The number of non-ortho nitro benzene ring substituents is 1. The molecular formula is C14H21NO3. The summed E-state index contributed by atoms with van der Waals surface area (Å²) >= 11 is 0. The van der Waals surface area contributed by atoms with Crippen LogP contribution in [0.1, 0.15) is 32.3 Å². The number of nitrogens with zero attached hydrogens (tertiary/aromatic N) is 1. The summed E-state index contributed by atoms with van der Waals surface area (Å²) in [4.78, 5) is 10.3. The van der Waals surface area contributed by atoms with E-state index in [9.17, 15) is 10.1 Å². The Bertz CT molecular complexity index is 379. The second-order valence-corrected chi connectivity index (χ2v) is 4.66. The van der Waals surface area contributed by atoms with Crippen molar-refractivity contribution in [2.75, 3.05) is 13.2 Å². The highest BCUT2D eigenvalue weighted by molar-refractivity contribution is 5.34. The molecule has 4 nitrogen and oxygen atoms in total. The average molecular weight is 251 g/mol. The van der Waals surface area contributed by atoms with Gasteiger partial charge in [-0.05, 0) is 24.3 Å². The third-order valence-electron chi connectivity index (χ3n) is 2.75. The van der Waals surface area contributed by atoms with Crippen LogP contribution in [-0.2, 0) is 11.2 Å². The maximum atomic E-state index is 10.7. The van der Waals surface area contributed by atoms with Crippen LogP contribution in [-0.4, -0.2) is 18.1 Å². The maximum absolute atomic E-state index is 10.7. The van der Waals surface area contributed by atoms with Crippen LogP contribution >= 0.6 is 0 Å². The number of nitro groups is 1. The molecule has 1 rings (SSSR count). The molecule has 0 saturated carbocycles. The van der Waals surface area contributed by atoms with E-state index in [1.165, 1.54) is 6.07 Å². The summed E-state index contributed by atoms with van der Waals surface area (Å²) in [5.41, 5.74) is 1.15. The first-order valence-electron chi connectivity index (χ1n) is 6.44. The van der Waals surface area contributed by atoms with Gasteiger partial charge in [-0.3, -0.25) is 10.1 Å². The summed E-state index contributed by atoms with van der Waals surface area (Å²) in [5.74, 6) is 0.379. The van der Waals surface area contributed by atoms with Crippen LogP contribution in [0.5, 0.6) is 0 Å². The molecule has 0 aromatic heterocycles. The first-order valence-corrected chi connectivity index (χ1v) is 6.44. The lowest BCUT2D eigenvalue weighted by molar-refractivity contribution is -0.384. The standard InChI is InChI=1S/C14H21NO3/c1-3-4-8-18-11-12(2)9-13-6-5-7-14(10-13)15(16)17/h5-7,10,12H,3-4,8-9,11H2,1-2H3. The van der Waals surface area contributed by atoms with E-state index in [2.05, 4.69) is 13.8 Å². The molecule has 0 aliphatic rings. The minimum Gasteiger partial charge on any atom is -0.381 e. The summed E-state index contributed by atoms with van der Waals surface area (Å²) in [6, 6.07) is 6.82. The Balaban J connectivity index is 2.41. The predicted molar refractivity (Wildman–Crippen MR) is 71.7 cm³/mol. The molecule has 18 heavy (non-hydrogen) atoms. The van der Waals surface area contributed by atoms with Crippen molar-refractivity contribution in [2.45, 2.75) is 33.1 Å². The van der Waals surface area contributed by atoms with E-state index >= 15 is 0 Å². The molecule has 0 radical (unpaired) electrons. The van der Waals surface area contributed by atoms with Crippen LogP contribution in [0.25, 0.3) is 0 Å². The van der Waals surface area contributed by atoms with Crippen molar-refractivity contribution in [3.8, 4) is 0 Å². The topological polar surface area (TPSA) is 52.4 Å². The van der Waals surface area contributed by atoms with Gasteiger partial charge in [-0.1, -0.05) is 32.4 Å². The number of rotatable bonds is 8. The Labute approximate surface area is 108 Å². The molecule has 100 valence electrons. The Morgan fingerprint density at radius 3 is 2.89 bits per heavy atom. The van der Waals surface area contributed by atoms with E-state index in [0.717, 1.165) is 31.4 Å². The quantitative estimate of drug-likeness (QED) is 0.403. The molecule has 0 amide bonds. The maximum Gasteiger partial charge on any atom is 0.269 e. The number of ether oxygens (including phenoxy) is 1. The molecule has 0 saturated heterocycles. The van der Waals surface area contributed by atoms with Gasteiger partial charge in [0, 0.05) is 25.3 Å². The van der Waals surface area contributed by atoms with E-state index in [4.69, 9.17) is 4.74 Å². The van der Waals surface area contributed by atoms with Crippen LogP contribution in [0, 0.1) is 16.0 Å². The molecule has 0 bridgehead atoms. The highest BCUT2D eigenvalue weighted by Crippen LogP contribution is 2.16. The molecule has 1 atom stereocenters. The first kappa shape index (κ1) is 14.6. The zero-order chi connectivity index (χ0) is 13.4. The normalized spacial score (nSPS) is 12.3. The molecule has 4 heteroatoms. The van der Waals surface area contributed by atoms with Gasteiger partial charge in [-0.25, -0.2) is 0 Å². The van der Waals surface area contributed by atoms with E-state index in [1.54, 1.807) is 12.1 Å². The predicted octanol–water partition coefficient (Wildman–Crippen LogP) is 3.59. The fourth-order valence-electron chi connectivity index (χ4n) is 1.79. The molecule has 1 aromatic rings. The fraction of sp³-hybridized carbons (Fsp3) is 0.571. The van der Waals surface area contributed by atoms with Crippen molar-refractivity contribution in [3.05, 3.63) is 39.9 Å². The van der Waals surface area contributed by atoms with Crippen LogP contribution in [0.4, 0.5) is 5.69 Å². The number of benzene rings is 1. The van der Waals surface area contributed by atoms with Gasteiger partial charge in [0.25, 0.3) is 5.69 Å². The van der Waals surface area contributed by atoms with Gasteiger partial charge in [0.15, 0.2) is 0 Å². The van der Waals surface area contributed by atoms with Crippen LogP contribution in [0.3, 0.4) is 0 Å². The van der Waals surface area contributed by atoms with Gasteiger partial charge in [0.05, 0.1) is 4.92 Å². The van der Waals surface area contributed by atoms with Crippen molar-refractivity contribution >= 4 is 5.69 Å². The lowest BCUT2D eigenvalue weighted by atomic mass is 10.0. The lowest BCUT2D eigenvalue weighted by Gasteiger charge is -2.11. The van der Waals surface area contributed by atoms with Gasteiger partial charge in [-0.15, -0.1) is 0 Å². The van der Waals surface area contributed by atoms with Gasteiger partial charge in [0.1, 0.15) is 0 Å². The molecule has 0 fully saturated rings. The monoisotopic (exact) mass is 251 g/mol. The second-order valence-electron chi connectivity index (χ2n) is 4.66. The van der Waals surface area contributed by atoms with Crippen LogP contribution in [0.2, 0.25) is 0 Å². The van der Waals surface area contributed by atoms with Crippen LogP contribution in [0.15, 0.2) is 24.3 Å². The summed E-state index contributed by atoms with van der Waals surface area (Å²) in [6.07, 6.45) is 3.04. The number of hydrogen-bond donors (Lipinski definition) is 0. The first-order chi connectivity index (χ1) is 8.63. The Morgan fingerprint density at radius 1 is 1.44 bits per heavy atom. The van der Waals surface area contributed by atoms with Gasteiger partial charge >= 0.3 is 0 Å². The van der Waals surface area contributed by atoms with Gasteiger partial charge in [-0.2, -0.15) is 0 Å². The molecular weight excluding hydrogens is 230 g/mol. The summed E-state index contributed by atoms with van der Waals surface area (Å²) in [7, 11) is 0. The molecule has 0 spiro atoms. The number of unbranched alkanes of at least 4 members (excludes halogenated alkanes) is 1. The number of hydrogen-bond acceptors (Lipinski definition) is 3. The SMILES string of the molecule is CCCCOCC(C)Cc1cccc([N+](=O)[O-])c1. The smallest absolute Gasteiger partial charge is 0.269 e. The molecule has 0 aliphatic heterocycles. The highest BCUT2D eigenvalue weighted by Gasteiger charge is 2.08. The van der Waals surface area contributed by atoms with Crippen molar-refractivity contribution in [3.63, 3.8) is 0 Å². The van der Waals surface area contributed by atoms with Gasteiger partial charge in [0.2, 0.25) is 0 Å². The molecule has 1 aromatic carbocycles. The molecule has 1 unspecified atom stereocenters. The second kappa shape index (κ2) is 7.82. The third-order valence-corrected chi connectivity index (χ3v) is 2.75. The van der Waals surface area contributed by atoms with E-state index in [1.807, 2.05) is 6.07 Å². The number of nitro benzene ring substituents is 1. The van der Waals surface area contributed by atoms with Crippen molar-refractivity contribution in [2.24, 2.45) is 5.92 Å². The summed E-state index contributed by atoms with van der Waals surface area (Å²) in [5, 5.41) is 10.7. The molecule has 0 N–H and O–H groups in total. The molecule has 0 aliphatic carbocycles. The van der Waals surface area contributed by atoms with E-state index < -0.39 is 0 Å². The van der Waals surface area contributed by atoms with Crippen molar-refractivity contribution < 1.29 is 9.66 Å². The largest absolute Gasteiger partial charge is 0.381 e. The van der Waals surface area contributed by atoms with Crippen LogP contribution < -0.4 is 0 Å². The Hall–Kier alpha value is -1.42.